The minimum absolute atomic E-state index is 0.0658. The van der Waals surface area contributed by atoms with E-state index in [0.717, 1.165) is 12.8 Å². The Morgan fingerprint density at radius 3 is 2.00 bits per heavy atom. The summed E-state index contributed by atoms with van der Waals surface area (Å²) in [6.07, 6.45) is 2.82. The first-order valence-corrected chi connectivity index (χ1v) is 7.46. The second-order valence-electron chi connectivity index (χ2n) is 4.84. The predicted octanol–water partition coefficient (Wildman–Crippen LogP) is 1.88. The molecule has 0 fully saturated rings. The van der Waals surface area contributed by atoms with E-state index in [-0.39, 0.29) is 17.4 Å². The Morgan fingerprint density at radius 2 is 1.70 bits per heavy atom. The molecule has 0 unspecified atom stereocenters. The van der Waals surface area contributed by atoms with E-state index in [1.54, 1.807) is 0 Å². The third-order valence-corrected chi connectivity index (χ3v) is 3.84. The zero-order valence-corrected chi connectivity index (χ0v) is 13.7. The van der Waals surface area contributed by atoms with Gasteiger partial charge in [-0.3, -0.25) is 9.59 Å². The van der Waals surface area contributed by atoms with Gasteiger partial charge in [-0.25, -0.2) is 0 Å². The molecule has 0 aliphatic rings. The van der Waals surface area contributed by atoms with Crippen LogP contribution in [0.15, 0.2) is 0 Å². The van der Waals surface area contributed by atoms with Crippen molar-refractivity contribution in [2.45, 2.75) is 46.5 Å². The first-order valence-electron chi connectivity index (χ1n) is 7.05. The molecule has 0 rings (SSSR count). The van der Waals surface area contributed by atoms with Crippen molar-refractivity contribution in [1.82, 2.24) is 4.90 Å². The van der Waals surface area contributed by atoms with Crippen molar-refractivity contribution >= 4 is 29.1 Å². The zero-order chi connectivity index (χ0) is 15.8. The summed E-state index contributed by atoms with van der Waals surface area (Å²) in [7, 11) is 1.31. The van der Waals surface area contributed by atoms with Crippen molar-refractivity contribution in [2.24, 2.45) is 11.1 Å². The van der Waals surface area contributed by atoms with Crippen LogP contribution in [0.2, 0.25) is 0 Å². The maximum atomic E-state index is 12.8. The molecule has 2 N–H and O–H groups in total. The maximum Gasteiger partial charge on any atom is 0.325 e. The van der Waals surface area contributed by atoms with Gasteiger partial charge in [-0.1, -0.05) is 38.9 Å². The van der Waals surface area contributed by atoms with Crippen molar-refractivity contribution in [3.63, 3.8) is 0 Å². The van der Waals surface area contributed by atoms with E-state index in [0.29, 0.717) is 19.4 Å². The second-order valence-corrected chi connectivity index (χ2v) is 5.28. The summed E-state index contributed by atoms with van der Waals surface area (Å²) in [4.78, 5) is 25.9. The topological polar surface area (TPSA) is 72.6 Å². The van der Waals surface area contributed by atoms with Crippen LogP contribution < -0.4 is 5.73 Å². The number of rotatable bonds is 9. The van der Waals surface area contributed by atoms with Crippen molar-refractivity contribution in [3.8, 4) is 0 Å². The molecule has 0 aliphatic heterocycles. The number of ether oxygens (including phenoxy) is 1. The average Bonchev–Trinajstić information content (AvgIpc) is 2.42. The fourth-order valence-electron chi connectivity index (χ4n) is 2.39. The Bertz CT molecular complexity index is 352. The molecule has 0 aromatic rings. The van der Waals surface area contributed by atoms with Crippen molar-refractivity contribution < 1.29 is 14.3 Å². The highest BCUT2D eigenvalue weighted by Gasteiger charge is 2.42. The fourth-order valence-corrected chi connectivity index (χ4v) is 2.69. The molecule has 0 aromatic heterocycles. The van der Waals surface area contributed by atoms with Crippen LogP contribution in [0.25, 0.3) is 0 Å². The van der Waals surface area contributed by atoms with E-state index in [4.69, 9.17) is 18.0 Å². The lowest BCUT2D eigenvalue weighted by molar-refractivity contribution is -0.150. The zero-order valence-electron chi connectivity index (χ0n) is 12.9. The Labute approximate surface area is 126 Å². The van der Waals surface area contributed by atoms with Crippen molar-refractivity contribution in [2.75, 3.05) is 20.2 Å². The minimum Gasteiger partial charge on any atom is -0.468 e. The molecule has 0 saturated carbocycles. The van der Waals surface area contributed by atoms with Gasteiger partial charge in [0.05, 0.1) is 17.5 Å². The van der Waals surface area contributed by atoms with Gasteiger partial charge in [-0.2, -0.15) is 0 Å². The summed E-state index contributed by atoms with van der Waals surface area (Å²) in [6.45, 7) is 6.16. The van der Waals surface area contributed by atoms with E-state index >= 15 is 0 Å². The number of likely N-dealkylation sites (N-methyl/N-ethyl adjacent to an activating group) is 1. The SMILES string of the molecule is CCCC(CCC)(C(=O)N(CC)CC(=O)OC)C(N)=S. The lowest BCUT2D eigenvalue weighted by Crippen LogP contribution is -2.52. The van der Waals surface area contributed by atoms with E-state index in [1.807, 2.05) is 20.8 Å². The lowest BCUT2D eigenvalue weighted by atomic mass is 9.77. The van der Waals surface area contributed by atoms with Gasteiger partial charge in [-0.15, -0.1) is 0 Å². The molecule has 0 aliphatic carbocycles. The van der Waals surface area contributed by atoms with Crippen molar-refractivity contribution in [3.05, 3.63) is 0 Å². The van der Waals surface area contributed by atoms with E-state index in [2.05, 4.69) is 4.74 Å². The molecule has 0 spiro atoms. The Hall–Kier alpha value is -1.17. The van der Waals surface area contributed by atoms with Gasteiger partial charge in [0.15, 0.2) is 0 Å². The first-order chi connectivity index (χ1) is 9.39. The quantitative estimate of drug-likeness (QED) is 0.520. The van der Waals surface area contributed by atoms with Gasteiger partial charge >= 0.3 is 5.97 Å². The van der Waals surface area contributed by atoms with Crippen LogP contribution in [0.5, 0.6) is 0 Å². The van der Waals surface area contributed by atoms with Crippen LogP contribution in [0.3, 0.4) is 0 Å². The third-order valence-electron chi connectivity index (χ3n) is 3.45. The van der Waals surface area contributed by atoms with Crippen LogP contribution in [-0.4, -0.2) is 42.0 Å². The highest BCUT2D eigenvalue weighted by molar-refractivity contribution is 7.80. The van der Waals surface area contributed by atoms with Gasteiger partial charge in [0, 0.05) is 6.54 Å². The molecular formula is C14H26N2O3S. The van der Waals surface area contributed by atoms with Gasteiger partial charge in [0.25, 0.3) is 0 Å². The van der Waals surface area contributed by atoms with E-state index in [1.165, 1.54) is 12.0 Å². The number of hydrogen-bond donors (Lipinski definition) is 1. The normalized spacial score (nSPS) is 11.0. The smallest absolute Gasteiger partial charge is 0.325 e. The highest BCUT2D eigenvalue weighted by atomic mass is 32.1. The standard InChI is InChI=1S/C14H26N2O3S/c1-5-8-14(9-6-2,12(15)20)13(18)16(7-3)10-11(17)19-4/h5-10H2,1-4H3,(H2,15,20). The maximum absolute atomic E-state index is 12.8. The number of nitrogens with two attached hydrogens (primary N) is 1. The molecule has 0 aromatic carbocycles. The van der Waals surface area contributed by atoms with Crippen LogP contribution >= 0.6 is 12.2 Å². The number of carbonyl (C=O) groups is 2. The van der Waals surface area contributed by atoms with Crippen LogP contribution in [0, 0.1) is 5.41 Å². The van der Waals surface area contributed by atoms with Crippen LogP contribution in [0.1, 0.15) is 46.5 Å². The number of nitrogens with zero attached hydrogens (tertiary/aromatic N) is 1. The number of carbonyl (C=O) groups excluding carboxylic acids is 2. The second kappa shape index (κ2) is 8.89. The predicted molar refractivity (Wildman–Crippen MR) is 83.3 cm³/mol. The number of amides is 1. The van der Waals surface area contributed by atoms with Crippen LogP contribution in [0.4, 0.5) is 0 Å². The van der Waals surface area contributed by atoms with E-state index < -0.39 is 11.4 Å². The summed E-state index contributed by atoms with van der Waals surface area (Å²) in [5.74, 6) is -0.605. The monoisotopic (exact) mass is 302 g/mol. The average molecular weight is 302 g/mol. The Kier molecular flexibility index (Phi) is 8.37. The summed E-state index contributed by atoms with van der Waals surface area (Å²) in [5.41, 5.74) is 5.02. The Balaban J connectivity index is 5.36. The van der Waals surface area contributed by atoms with Crippen molar-refractivity contribution in [1.29, 1.82) is 0 Å². The molecule has 0 atom stereocenters. The lowest BCUT2D eigenvalue weighted by Gasteiger charge is -2.35. The molecule has 0 bridgehead atoms. The van der Waals surface area contributed by atoms with Gasteiger partial charge in [0.2, 0.25) is 5.91 Å². The molecule has 6 heteroatoms. The number of esters is 1. The first kappa shape index (κ1) is 18.8. The highest BCUT2D eigenvalue weighted by Crippen LogP contribution is 2.33. The molecule has 0 saturated heterocycles. The molecular weight excluding hydrogens is 276 g/mol. The van der Waals surface area contributed by atoms with Gasteiger partial charge < -0.3 is 15.4 Å². The van der Waals surface area contributed by atoms with Gasteiger partial charge in [-0.05, 0) is 19.8 Å². The van der Waals surface area contributed by atoms with Gasteiger partial charge in [0.1, 0.15) is 6.54 Å². The molecule has 20 heavy (non-hydrogen) atoms. The van der Waals surface area contributed by atoms with E-state index in [9.17, 15) is 9.59 Å². The molecule has 1 amide bonds. The largest absolute Gasteiger partial charge is 0.468 e. The minimum atomic E-state index is -0.844. The van der Waals surface area contributed by atoms with Crippen LogP contribution in [-0.2, 0) is 14.3 Å². The third kappa shape index (κ3) is 4.44. The number of hydrogen-bond acceptors (Lipinski definition) is 4. The number of methoxy groups -OCH3 is 1. The summed E-state index contributed by atoms with van der Waals surface area (Å²) in [6, 6.07) is 0. The summed E-state index contributed by atoms with van der Waals surface area (Å²) >= 11 is 5.16. The Morgan fingerprint density at radius 1 is 1.20 bits per heavy atom. The molecule has 0 radical (unpaired) electrons. The molecule has 5 nitrogen and oxygen atoms in total. The molecule has 116 valence electrons. The fraction of sp³-hybridized carbons (Fsp3) is 0.786. The molecule has 0 heterocycles. The summed E-state index contributed by atoms with van der Waals surface area (Å²) in [5, 5.41) is 0. The summed E-state index contributed by atoms with van der Waals surface area (Å²) < 4.78 is 4.63. The number of thiocarbonyl (C=S) groups is 1.